The predicted octanol–water partition coefficient (Wildman–Crippen LogP) is 3.24. The van der Waals surface area contributed by atoms with Crippen molar-refractivity contribution in [2.45, 2.75) is 49.8 Å². The van der Waals surface area contributed by atoms with E-state index >= 15 is 0 Å². The van der Waals surface area contributed by atoms with E-state index in [0.717, 1.165) is 28.1 Å². The van der Waals surface area contributed by atoms with E-state index in [4.69, 9.17) is 0 Å². The van der Waals surface area contributed by atoms with Crippen LogP contribution in [0.5, 0.6) is 0 Å². The molecule has 1 atom stereocenters. The number of imide groups is 1. The summed E-state index contributed by atoms with van der Waals surface area (Å²) in [5, 5.41) is 3.66. The molecule has 2 amide bonds. The number of fused-ring (bicyclic) bond motifs is 3. The number of methoxy groups -OCH3 is 1. The van der Waals surface area contributed by atoms with Crippen LogP contribution in [0.3, 0.4) is 0 Å². The van der Waals surface area contributed by atoms with Gasteiger partial charge in [-0.05, 0) is 45.1 Å². The number of rotatable bonds is 3. The number of thiophene rings is 1. The summed E-state index contributed by atoms with van der Waals surface area (Å²) in [5.74, 6) is 0.310. The highest BCUT2D eigenvalue weighted by atomic mass is 32.2. The standard InChI is InChI=1S/C16H19N3O3S2/c1-8(13(20)19-16(21)22-3)23-14-12-10-6-4-5-7-11(10)24-15(12)18-9(2)17-14/h8H,4-7H2,1-3H3,(H,19,20,21)/t8-/m0/s1. The van der Waals surface area contributed by atoms with Crippen LogP contribution in [-0.4, -0.2) is 34.3 Å². The van der Waals surface area contributed by atoms with Crippen molar-refractivity contribution in [1.82, 2.24) is 15.3 Å². The molecule has 3 rings (SSSR count). The number of hydrogen-bond donors (Lipinski definition) is 1. The second kappa shape index (κ2) is 7.06. The van der Waals surface area contributed by atoms with Crippen LogP contribution in [0.15, 0.2) is 5.03 Å². The van der Waals surface area contributed by atoms with E-state index in [9.17, 15) is 9.59 Å². The first-order chi connectivity index (χ1) is 11.5. The van der Waals surface area contributed by atoms with E-state index in [1.807, 2.05) is 6.92 Å². The van der Waals surface area contributed by atoms with E-state index < -0.39 is 11.3 Å². The van der Waals surface area contributed by atoms with Gasteiger partial charge in [0.05, 0.1) is 12.4 Å². The summed E-state index contributed by atoms with van der Waals surface area (Å²) in [5.41, 5.74) is 1.34. The SMILES string of the molecule is COC(=O)NC(=O)[C@H](C)Sc1nc(C)nc2sc3c(c12)CCCC3. The average molecular weight is 365 g/mol. The number of thioether (sulfide) groups is 1. The summed E-state index contributed by atoms with van der Waals surface area (Å²) in [6, 6.07) is 0. The molecule has 0 bridgehead atoms. The van der Waals surface area contributed by atoms with Crippen LogP contribution in [-0.2, 0) is 22.4 Å². The van der Waals surface area contributed by atoms with Gasteiger partial charge in [0.2, 0.25) is 5.91 Å². The maximum Gasteiger partial charge on any atom is 0.413 e. The molecule has 6 nitrogen and oxygen atoms in total. The van der Waals surface area contributed by atoms with Gasteiger partial charge in [0.15, 0.2) is 0 Å². The van der Waals surface area contributed by atoms with Gasteiger partial charge in [0.1, 0.15) is 15.7 Å². The van der Waals surface area contributed by atoms with E-state index in [0.29, 0.717) is 5.82 Å². The van der Waals surface area contributed by atoms with Gasteiger partial charge in [-0.15, -0.1) is 11.3 Å². The third-order valence-corrected chi connectivity index (χ3v) is 6.23. The molecule has 0 radical (unpaired) electrons. The van der Waals surface area contributed by atoms with Gasteiger partial charge in [0.25, 0.3) is 0 Å². The minimum atomic E-state index is -0.746. The van der Waals surface area contributed by atoms with Crippen molar-refractivity contribution in [2.24, 2.45) is 0 Å². The molecule has 1 N–H and O–H groups in total. The number of hydrogen-bond acceptors (Lipinski definition) is 7. The number of nitrogens with zero attached hydrogens (tertiary/aromatic N) is 2. The Morgan fingerprint density at radius 2 is 2.04 bits per heavy atom. The first-order valence-electron chi connectivity index (χ1n) is 7.84. The third kappa shape index (κ3) is 3.39. The molecule has 0 saturated carbocycles. The van der Waals surface area contributed by atoms with Crippen LogP contribution in [0.1, 0.15) is 36.0 Å². The minimum absolute atomic E-state index is 0.389. The zero-order valence-corrected chi connectivity index (χ0v) is 15.5. The number of alkyl carbamates (subject to hydrolysis) is 1. The molecule has 24 heavy (non-hydrogen) atoms. The molecule has 2 aromatic heterocycles. The van der Waals surface area contributed by atoms with Gasteiger partial charge in [-0.1, -0.05) is 11.8 Å². The number of carbonyl (C=O) groups is 2. The Hall–Kier alpha value is -1.67. The fourth-order valence-electron chi connectivity index (χ4n) is 2.79. The molecule has 0 unspecified atom stereocenters. The summed E-state index contributed by atoms with van der Waals surface area (Å²) in [7, 11) is 1.23. The van der Waals surface area contributed by atoms with Crippen molar-refractivity contribution in [3.63, 3.8) is 0 Å². The number of ether oxygens (including phenoxy) is 1. The lowest BCUT2D eigenvalue weighted by molar-refractivity contribution is -0.119. The Bertz CT molecular complexity index is 803. The Balaban J connectivity index is 1.92. The van der Waals surface area contributed by atoms with Crippen LogP contribution in [0, 0.1) is 6.92 Å². The zero-order valence-electron chi connectivity index (χ0n) is 13.8. The van der Waals surface area contributed by atoms with Crippen LogP contribution < -0.4 is 5.32 Å². The maximum atomic E-state index is 12.1. The number of aryl methyl sites for hydroxylation is 3. The highest BCUT2D eigenvalue weighted by Crippen LogP contribution is 2.40. The van der Waals surface area contributed by atoms with E-state index in [2.05, 4.69) is 20.0 Å². The van der Waals surface area contributed by atoms with Gasteiger partial charge >= 0.3 is 6.09 Å². The van der Waals surface area contributed by atoms with E-state index in [1.165, 1.54) is 42.2 Å². The molecule has 0 aliphatic heterocycles. The average Bonchev–Trinajstić information content (AvgIpc) is 2.92. The van der Waals surface area contributed by atoms with E-state index in [-0.39, 0.29) is 5.91 Å². The fraction of sp³-hybridized carbons (Fsp3) is 0.500. The maximum absolute atomic E-state index is 12.1. The second-order valence-corrected chi connectivity index (χ2v) is 8.12. The normalized spacial score (nSPS) is 15.0. The smallest absolute Gasteiger partial charge is 0.413 e. The number of carbonyl (C=O) groups excluding carboxylic acids is 2. The topological polar surface area (TPSA) is 81.2 Å². The largest absolute Gasteiger partial charge is 0.453 e. The summed E-state index contributed by atoms with van der Waals surface area (Å²) in [4.78, 5) is 34.8. The number of nitrogens with one attached hydrogen (secondary N) is 1. The summed E-state index contributed by atoms with van der Waals surface area (Å²) >= 11 is 3.10. The highest BCUT2D eigenvalue weighted by Gasteiger charge is 2.24. The number of amides is 2. The molecule has 2 aromatic rings. The van der Waals surface area contributed by atoms with Crippen molar-refractivity contribution in [3.05, 3.63) is 16.3 Å². The molecule has 0 aromatic carbocycles. The highest BCUT2D eigenvalue weighted by molar-refractivity contribution is 8.00. The fourth-order valence-corrected chi connectivity index (χ4v) is 5.18. The monoisotopic (exact) mass is 365 g/mol. The molecular weight excluding hydrogens is 346 g/mol. The van der Waals surface area contributed by atoms with Crippen molar-refractivity contribution in [1.29, 1.82) is 0 Å². The molecule has 0 saturated heterocycles. The molecule has 128 valence electrons. The number of aromatic nitrogens is 2. The van der Waals surface area contributed by atoms with Gasteiger partial charge in [0, 0.05) is 10.3 Å². The minimum Gasteiger partial charge on any atom is -0.453 e. The lowest BCUT2D eigenvalue weighted by Crippen LogP contribution is -2.35. The Labute approximate surface area is 148 Å². The van der Waals surface area contributed by atoms with Gasteiger partial charge in [-0.2, -0.15) is 0 Å². The molecule has 1 aliphatic rings. The molecule has 2 heterocycles. The first-order valence-corrected chi connectivity index (χ1v) is 9.53. The van der Waals surface area contributed by atoms with Crippen molar-refractivity contribution >= 4 is 45.3 Å². The molecule has 0 fully saturated rings. The predicted molar refractivity (Wildman–Crippen MR) is 94.7 cm³/mol. The van der Waals surface area contributed by atoms with E-state index in [1.54, 1.807) is 18.3 Å². The van der Waals surface area contributed by atoms with Crippen LogP contribution in [0.2, 0.25) is 0 Å². The lowest BCUT2D eigenvalue weighted by atomic mass is 9.97. The Morgan fingerprint density at radius 1 is 1.29 bits per heavy atom. The lowest BCUT2D eigenvalue weighted by Gasteiger charge is -2.14. The quantitative estimate of drug-likeness (QED) is 0.664. The Morgan fingerprint density at radius 3 is 2.79 bits per heavy atom. The summed E-state index contributed by atoms with van der Waals surface area (Å²) in [6.45, 7) is 3.62. The van der Waals surface area contributed by atoms with Crippen molar-refractivity contribution in [3.8, 4) is 0 Å². The van der Waals surface area contributed by atoms with Gasteiger partial charge in [-0.3, -0.25) is 10.1 Å². The van der Waals surface area contributed by atoms with Gasteiger partial charge in [-0.25, -0.2) is 14.8 Å². The van der Waals surface area contributed by atoms with Crippen LogP contribution >= 0.6 is 23.1 Å². The zero-order chi connectivity index (χ0) is 17.3. The van der Waals surface area contributed by atoms with Crippen LogP contribution in [0.4, 0.5) is 4.79 Å². The van der Waals surface area contributed by atoms with Crippen molar-refractivity contribution in [2.75, 3.05) is 7.11 Å². The molecule has 0 spiro atoms. The van der Waals surface area contributed by atoms with Crippen molar-refractivity contribution < 1.29 is 14.3 Å². The summed E-state index contributed by atoms with van der Waals surface area (Å²) in [6.07, 6.45) is 3.78. The van der Waals surface area contributed by atoms with Gasteiger partial charge < -0.3 is 4.74 Å². The first kappa shape index (κ1) is 17.2. The second-order valence-electron chi connectivity index (χ2n) is 5.71. The van der Waals surface area contributed by atoms with Crippen LogP contribution in [0.25, 0.3) is 10.2 Å². The third-order valence-electron chi connectivity index (χ3n) is 3.96. The summed E-state index contributed by atoms with van der Waals surface area (Å²) < 4.78 is 4.47. The Kier molecular flexibility index (Phi) is 5.05. The molecule has 1 aliphatic carbocycles. The molecular formula is C16H19N3O3S2. The molecule has 8 heteroatoms.